The van der Waals surface area contributed by atoms with Gasteiger partial charge in [-0.3, -0.25) is 5.32 Å². The van der Waals surface area contributed by atoms with Crippen LogP contribution in [-0.2, 0) is 22.1 Å². The van der Waals surface area contributed by atoms with E-state index in [0.29, 0.717) is 36.5 Å². The number of carbonyl (C=O) groups is 2. The number of hydrogen-bond donors (Lipinski definition) is 1. The van der Waals surface area contributed by atoms with Gasteiger partial charge in [-0.2, -0.15) is 18.2 Å². The molecule has 0 bridgehead atoms. The van der Waals surface area contributed by atoms with Gasteiger partial charge in [0.2, 0.25) is 17.7 Å². The Morgan fingerprint density at radius 1 is 0.960 bits per heavy atom. The zero-order valence-corrected chi connectivity index (χ0v) is 28.8. The molecule has 2 heterocycles. The zero-order chi connectivity index (χ0) is 36.3. The number of carbonyl (C=O) groups excluding carboxylic acids is 2. The van der Waals surface area contributed by atoms with E-state index in [2.05, 4.69) is 20.4 Å². The van der Waals surface area contributed by atoms with Crippen LogP contribution in [-0.4, -0.2) is 57.5 Å². The number of guanidine groups is 1. The molecule has 5 rings (SSSR count). The molecule has 0 unspecified atom stereocenters. The van der Waals surface area contributed by atoms with Gasteiger partial charge in [0.1, 0.15) is 23.0 Å². The van der Waals surface area contributed by atoms with Gasteiger partial charge in [-0.25, -0.2) is 9.59 Å². The molecule has 1 fully saturated rings. The quantitative estimate of drug-likeness (QED) is 0.156. The number of benzene rings is 3. The molecule has 14 heteroatoms. The van der Waals surface area contributed by atoms with Gasteiger partial charge in [-0.05, 0) is 95.0 Å². The van der Waals surface area contributed by atoms with E-state index >= 15 is 0 Å². The normalized spacial score (nSPS) is 15.7. The molecule has 3 aromatic carbocycles. The lowest BCUT2D eigenvalue weighted by molar-refractivity contribution is -0.138. The van der Waals surface area contributed by atoms with E-state index in [0.717, 1.165) is 16.8 Å². The first-order valence-corrected chi connectivity index (χ1v) is 16.2. The highest BCUT2D eigenvalue weighted by molar-refractivity contribution is 5.99. The molecule has 0 spiro atoms. The van der Waals surface area contributed by atoms with Crippen molar-refractivity contribution >= 4 is 28.9 Å². The van der Waals surface area contributed by atoms with Crippen LogP contribution in [0.4, 0.5) is 22.8 Å². The van der Waals surface area contributed by atoms with Crippen LogP contribution in [0, 0.1) is 0 Å². The van der Waals surface area contributed by atoms with Crippen LogP contribution in [0.5, 0.6) is 5.75 Å². The number of amides is 2. The minimum absolute atomic E-state index is 0.0518. The summed E-state index contributed by atoms with van der Waals surface area (Å²) < 4.78 is 62.3. The van der Waals surface area contributed by atoms with Crippen molar-refractivity contribution in [2.24, 2.45) is 4.99 Å². The summed E-state index contributed by atoms with van der Waals surface area (Å²) in [6.45, 7) is 10.8. The van der Waals surface area contributed by atoms with Gasteiger partial charge in [0.15, 0.2) is 0 Å². The Morgan fingerprint density at radius 2 is 1.66 bits per heavy atom. The molecule has 0 aliphatic carbocycles. The number of nitrogens with zero attached hydrogens (tertiary/aromatic N) is 4. The van der Waals surface area contributed by atoms with Gasteiger partial charge in [-0.15, -0.1) is 4.99 Å². The topological polar surface area (TPSA) is 128 Å². The minimum Gasteiger partial charge on any atom is -0.493 e. The summed E-state index contributed by atoms with van der Waals surface area (Å²) in [4.78, 5) is 35.8. The lowest BCUT2D eigenvalue weighted by Crippen LogP contribution is -2.46. The number of aliphatic imine (C=N–C) groups is 1. The fraction of sp³-hybridized carbons (Fsp3) is 0.417. The number of alkyl halides is 3. The SMILES string of the molecule is CC(C)(C)OC(=O)/N=C(/NC(=O)OC(C)(C)C)N1CCC[C@H]1c1nc(-c2ccc3cc(OCCc4ccccc4C(F)(F)F)ccc3c2)no1. The monoisotopic (exact) mass is 695 g/mol. The van der Waals surface area contributed by atoms with Gasteiger partial charge in [-0.1, -0.05) is 41.6 Å². The van der Waals surface area contributed by atoms with Crippen molar-refractivity contribution in [1.29, 1.82) is 0 Å². The summed E-state index contributed by atoms with van der Waals surface area (Å²) >= 11 is 0. The summed E-state index contributed by atoms with van der Waals surface area (Å²) in [5.74, 6) is 1.09. The molecule has 4 aromatic rings. The number of alkyl carbamates (subject to hydrolysis) is 1. The minimum atomic E-state index is -4.43. The zero-order valence-electron chi connectivity index (χ0n) is 28.8. The van der Waals surface area contributed by atoms with Crippen LogP contribution in [0.15, 0.2) is 70.2 Å². The van der Waals surface area contributed by atoms with E-state index in [1.54, 1.807) is 58.6 Å². The van der Waals surface area contributed by atoms with Gasteiger partial charge >= 0.3 is 18.4 Å². The molecule has 11 nitrogen and oxygen atoms in total. The molecule has 1 aromatic heterocycles. The van der Waals surface area contributed by atoms with Crippen LogP contribution in [0.3, 0.4) is 0 Å². The first kappa shape index (κ1) is 36.1. The molecule has 2 amide bonds. The van der Waals surface area contributed by atoms with Crippen LogP contribution in [0.25, 0.3) is 22.2 Å². The largest absolute Gasteiger partial charge is 0.493 e. The summed E-state index contributed by atoms with van der Waals surface area (Å²) in [6.07, 6.45) is -4.69. The Hall–Kier alpha value is -5.14. The number of likely N-dealkylation sites (tertiary alicyclic amines) is 1. The van der Waals surface area contributed by atoms with E-state index in [9.17, 15) is 22.8 Å². The number of aromatic nitrogens is 2. The molecule has 1 N–H and O–H groups in total. The van der Waals surface area contributed by atoms with E-state index in [4.69, 9.17) is 18.7 Å². The predicted octanol–water partition coefficient (Wildman–Crippen LogP) is 8.48. The number of fused-ring (bicyclic) bond motifs is 1. The number of ether oxygens (including phenoxy) is 3. The third kappa shape index (κ3) is 9.51. The number of nitrogens with one attached hydrogen (secondary N) is 1. The van der Waals surface area contributed by atoms with Crippen LogP contribution in [0.2, 0.25) is 0 Å². The lowest BCUT2D eigenvalue weighted by Gasteiger charge is -2.27. The highest BCUT2D eigenvalue weighted by atomic mass is 19.4. The number of hydrogen-bond acceptors (Lipinski definition) is 8. The van der Waals surface area contributed by atoms with Crippen molar-refractivity contribution in [3.8, 4) is 17.1 Å². The standard InChI is InChI=1S/C36H40F3N5O6/c1-34(2,3)48-32(45)41-31(42-33(46)49-35(4,5)6)44-18-9-12-28(44)30-40-29(43-50-30)25-14-13-24-21-26(16-15-23(24)20-25)47-19-17-22-10-7-8-11-27(22)36(37,38)39/h7-8,10-11,13-16,20-21,28H,9,12,17-19H2,1-6H3,(H,41,42,45,46)/t28-/m0/s1. The molecule has 1 aliphatic heterocycles. The lowest BCUT2D eigenvalue weighted by atomic mass is 10.0. The molecule has 0 saturated carbocycles. The molecule has 1 saturated heterocycles. The first-order chi connectivity index (χ1) is 23.4. The first-order valence-electron chi connectivity index (χ1n) is 16.2. The highest BCUT2D eigenvalue weighted by Gasteiger charge is 2.36. The van der Waals surface area contributed by atoms with Gasteiger partial charge in [0.25, 0.3) is 0 Å². The Bertz CT molecular complexity index is 1880. The average Bonchev–Trinajstić information content (AvgIpc) is 3.69. The molecule has 266 valence electrons. The summed E-state index contributed by atoms with van der Waals surface area (Å²) in [6, 6.07) is 16.0. The van der Waals surface area contributed by atoms with Crippen LogP contribution in [0.1, 0.15) is 77.4 Å². The molecule has 1 atom stereocenters. The Labute approximate surface area is 287 Å². The molecule has 0 radical (unpaired) electrons. The second kappa shape index (κ2) is 14.4. The van der Waals surface area contributed by atoms with Gasteiger partial charge < -0.3 is 23.6 Å². The molecule has 50 heavy (non-hydrogen) atoms. The van der Waals surface area contributed by atoms with Crippen molar-refractivity contribution in [1.82, 2.24) is 20.4 Å². The van der Waals surface area contributed by atoms with Crippen molar-refractivity contribution in [2.45, 2.75) is 84.2 Å². The third-order valence-electron chi connectivity index (χ3n) is 7.49. The van der Waals surface area contributed by atoms with E-state index in [-0.39, 0.29) is 30.4 Å². The van der Waals surface area contributed by atoms with E-state index in [1.807, 2.05) is 30.3 Å². The van der Waals surface area contributed by atoms with E-state index < -0.39 is 41.2 Å². The fourth-order valence-corrected chi connectivity index (χ4v) is 5.44. The maximum Gasteiger partial charge on any atom is 0.437 e. The third-order valence-corrected chi connectivity index (χ3v) is 7.49. The maximum absolute atomic E-state index is 13.3. The van der Waals surface area contributed by atoms with Crippen molar-refractivity contribution < 1.29 is 41.5 Å². The molecule has 1 aliphatic rings. The Balaban J connectivity index is 1.30. The maximum atomic E-state index is 13.3. The highest BCUT2D eigenvalue weighted by Crippen LogP contribution is 2.34. The Morgan fingerprint density at radius 3 is 2.38 bits per heavy atom. The summed E-state index contributed by atoms with van der Waals surface area (Å²) in [5, 5.41) is 8.50. The average molecular weight is 696 g/mol. The second-order valence-electron chi connectivity index (χ2n) is 13.8. The smallest absolute Gasteiger partial charge is 0.437 e. The van der Waals surface area contributed by atoms with E-state index in [1.165, 1.54) is 12.1 Å². The molecular formula is C36H40F3N5O6. The van der Waals surface area contributed by atoms with Crippen molar-refractivity contribution in [2.75, 3.05) is 13.2 Å². The summed E-state index contributed by atoms with van der Waals surface area (Å²) in [7, 11) is 0. The van der Waals surface area contributed by atoms with Crippen molar-refractivity contribution in [3.05, 3.63) is 77.7 Å². The van der Waals surface area contributed by atoms with Crippen LogP contribution >= 0.6 is 0 Å². The van der Waals surface area contributed by atoms with Crippen LogP contribution < -0.4 is 10.1 Å². The van der Waals surface area contributed by atoms with Crippen molar-refractivity contribution in [3.63, 3.8) is 0 Å². The molecular weight excluding hydrogens is 655 g/mol. The number of halogens is 3. The fourth-order valence-electron chi connectivity index (χ4n) is 5.44. The number of rotatable bonds is 6. The summed E-state index contributed by atoms with van der Waals surface area (Å²) in [5.41, 5.74) is -1.38. The van der Waals surface area contributed by atoms with Gasteiger partial charge in [0.05, 0.1) is 12.2 Å². The predicted molar refractivity (Wildman–Crippen MR) is 180 cm³/mol. The van der Waals surface area contributed by atoms with Gasteiger partial charge in [0, 0.05) is 18.5 Å². The second-order valence-corrected chi connectivity index (χ2v) is 13.8. The Kier molecular flexibility index (Phi) is 10.4.